The van der Waals surface area contributed by atoms with Crippen molar-refractivity contribution in [3.8, 4) is 11.4 Å². The van der Waals surface area contributed by atoms with Crippen LogP contribution in [-0.4, -0.2) is 33.6 Å². The quantitative estimate of drug-likeness (QED) is 0.556. The van der Waals surface area contributed by atoms with E-state index in [-0.39, 0.29) is 11.4 Å². The Kier molecular flexibility index (Phi) is 5.77. The van der Waals surface area contributed by atoms with Gasteiger partial charge in [0.2, 0.25) is 5.69 Å². The Morgan fingerprint density at radius 1 is 1.03 bits per heavy atom. The van der Waals surface area contributed by atoms with Gasteiger partial charge in [-0.1, -0.05) is 6.07 Å². The third-order valence-electron chi connectivity index (χ3n) is 7.43. The number of pyridine rings is 2. The Morgan fingerprint density at radius 3 is 2.14 bits per heavy atom. The van der Waals surface area contributed by atoms with Crippen LogP contribution in [0.2, 0.25) is 0 Å². The Balaban J connectivity index is 0.000000320. The molecule has 4 bridgehead atoms. The van der Waals surface area contributed by atoms with Gasteiger partial charge < -0.3 is 15.2 Å². The molecule has 2 N–H and O–H groups in total. The van der Waals surface area contributed by atoms with Gasteiger partial charge in [-0.05, 0) is 80.5 Å². The summed E-state index contributed by atoms with van der Waals surface area (Å²) in [6.45, 7) is 0. The lowest BCUT2D eigenvalue weighted by Crippen LogP contribution is -2.59. The number of alkyl halides is 3. The summed E-state index contributed by atoms with van der Waals surface area (Å²) in [7, 11) is 0. The maximum absolute atomic E-state index is 13.4. The molecule has 184 valence electrons. The van der Waals surface area contributed by atoms with Crippen LogP contribution in [0.5, 0.6) is 0 Å². The van der Waals surface area contributed by atoms with Crippen LogP contribution < -0.4 is 14.8 Å². The van der Waals surface area contributed by atoms with Gasteiger partial charge in [-0.25, -0.2) is 4.98 Å². The number of amides is 1. The predicted molar refractivity (Wildman–Crippen MR) is 117 cm³/mol. The summed E-state index contributed by atoms with van der Waals surface area (Å²) < 4.78 is 33.6. The number of nitrogens with one attached hydrogen (secondary N) is 2. The summed E-state index contributed by atoms with van der Waals surface area (Å²) in [5.41, 5.74) is 2.60. The van der Waals surface area contributed by atoms with E-state index in [2.05, 4.69) is 19.7 Å². The van der Waals surface area contributed by atoms with E-state index in [1.54, 1.807) is 12.4 Å². The van der Waals surface area contributed by atoms with Crippen molar-refractivity contribution in [3.63, 3.8) is 0 Å². The molecule has 0 atom stereocenters. The first kappa shape index (κ1) is 23.3. The van der Waals surface area contributed by atoms with Crippen molar-refractivity contribution in [2.45, 2.75) is 50.2 Å². The molecule has 0 unspecified atom stereocenters. The van der Waals surface area contributed by atoms with E-state index in [9.17, 15) is 18.0 Å². The highest BCUT2D eigenvalue weighted by molar-refractivity contribution is 5.99. The average Bonchev–Trinajstić information content (AvgIpc) is 3.18. The molecule has 0 spiro atoms. The number of H-pyrrole nitrogens is 1. The van der Waals surface area contributed by atoms with Gasteiger partial charge in [0.1, 0.15) is 5.97 Å². The number of fused-ring (bicyclic) bond motifs is 1. The van der Waals surface area contributed by atoms with Crippen LogP contribution in [0.25, 0.3) is 16.9 Å². The highest BCUT2D eigenvalue weighted by Crippen LogP contribution is 2.55. The molecule has 35 heavy (non-hydrogen) atoms. The molecule has 0 radical (unpaired) electrons. The van der Waals surface area contributed by atoms with E-state index in [1.807, 2.05) is 36.5 Å². The molecule has 0 aliphatic heterocycles. The second-order valence-corrected chi connectivity index (χ2v) is 9.98. The molecule has 4 aliphatic carbocycles. The maximum Gasteiger partial charge on any atom is 0.430 e. The normalized spacial score (nSPS) is 26.8. The number of aliphatic carboxylic acids is 1. The first-order valence-electron chi connectivity index (χ1n) is 11.7. The SMILES string of the molecule is O=C(NC12CC3CC(CC(C3)C1)C2)c1[nH]c(-c2ccncc2)[n+]2ccccc12.O=C([O-])C(F)(F)F. The smallest absolute Gasteiger partial charge is 0.430 e. The van der Waals surface area contributed by atoms with Gasteiger partial charge in [-0.2, -0.15) is 17.6 Å². The largest absolute Gasteiger partial charge is 0.542 e. The number of carbonyl (C=O) groups is 2. The summed E-state index contributed by atoms with van der Waals surface area (Å²) in [6.07, 6.45) is 7.98. The zero-order chi connectivity index (χ0) is 24.8. The minimum absolute atomic E-state index is 0.0134. The van der Waals surface area contributed by atoms with Crippen molar-refractivity contribution < 1.29 is 32.3 Å². The lowest BCUT2D eigenvalue weighted by molar-refractivity contribution is -0.498. The minimum Gasteiger partial charge on any atom is -0.542 e. The molecule has 0 saturated heterocycles. The van der Waals surface area contributed by atoms with Crippen LogP contribution in [0.3, 0.4) is 0 Å². The molecule has 7 nitrogen and oxygen atoms in total. The molecule has 4 aliphatic rings. The number of carbonyl (C=O) groups excluding carboxylic acids is 2. The Bertz CT molecular complexity index is 1220. The fourth-order valence-electron chi connectivity index (χ4n) is 6.55. The Morgan fingerprint density at radius 2 is 1.60 bits per heavy atom. The average molecular weight is 486 g/mol. The Labute approximate surface area is 199 Å². The number of imidazole rings is 1. The number of aromatic nitrogens is 3. The molecular formula is C25H25F3N4O3. The molecule has 4 fully saturated rings. The standard InChI is InChI=1S/C23H24N4O.C2HF3O2/c28-22(26-23-12-15-9-16(13-23)11-17(10-15)14-23)20-19-3-1-2-8-27(19)21(25-20)18-4-6-24-7-5-18;3-2(4,5)1(6)7/h1-8,15-17H,9-14H2,(H,26,28);(H,6,7). The van der Waals surface area contributed by atoms with Gasteiger partial charge in [-0.15, -0.1) is 0 Å². The van der Waals surface area contributed by atoms with E-state index in [1.165, 1.54) is 19.3 Å². The summed E-state index contributed by atoms with van der Waals surface area (Å²) >= 11 is 0. The van der Waals surface area contributed by atoms with Crippen LogP contribution in [0, 0.1) is 17.8 Å². The van der Waals surface area contributed by atoms with Crippen LogP contribution in [0.15, 0.2) is 48.9 Å². The van der Waals surface area contributed by atoms with Gasteiger partial charge in [0.15, 0.2) is 5.52 Å². The van der Waals surface area contributed by atoms with E-state index >= 15 is 0 Å². The first-order chi connectivity index (χ1) is 16.6. The molecule has 4 saturated carbocycles. The Hall–Kier alpha value is -3.43. The van der Waals surface area contributed by atoms with Gasteiger partial charge in [0.25, 0.3) is 11.7 Å². The number of hydrogen-bond donors (Lipinski definition) is 2. The van der Waals surface area contributed by atoms with Gasteiger partial charge in [0, 0.05) is 17.9 Å². The zero-order valence-corrected chi connectivity index (χ0v) is 18.8. The van der Waals surface area contributed by atoms with Crippen molar-refractivity contribution in [3.05, 3.63) is 54.6 Å². The van der Waals surface area contributed by atoms with Crippen LogP contribution in [0.1, 0.15) is 49.0 Å². The number of rotatable bonds is 3. The molecule has 3 aromatic rings. The summed E-state index contributed by atoms with van der Waals surface area (Å²) in [4.78, 5) is 29.7. The van der Waals surface area contributed by atoms with Crippen molar-refractivity contribution in [2.24, 2.45) is 17.8 Å². The first-order valence-corrected chi connectivity index (χ1v) is 11.7. The third-order valence-corrected chi connectivity index (χ3v) is 7.43. The summed E-state index contributed by atoms with van der Waals surface area (Å²) in [5, 5.41) is 12.3. The van der Waals surface area contributed by atoms with Crippen LogP contribution >= 0.6 is 0 Å². The highest BCUT2D eigenvalue weighted by Gasteiger charge is 2.52. The number of carboxylic acids is 1. The molecule has 0 aromatic carbocycles. The lowest BCUT2D eigenvalue weighted by atomic mass is 9.53. The fraction of sp³-hybridized carbons (Fsp3) is 0.440. The van der Waals surface area contributed by atoms with E-state index in [4.69, 9.17) is 9.90 Å². The minimum atomic E-state index is -5.19. The topological polar surface area (TPSA) is 102 Å². The third kappa shape index (κ3) is 4.61. The van der Waals surface area contributed by atoms with Crippen LogP contribution in [-0.2, 0) is 4.79 Å². The molecule has 3 aromatic heterocycles. The van der Waals surface area contributed by atoms with Crippen molar-refractivity contribution in [2.75, 3.05) is 0 Å². The second-order valence-electron chi connectivity index (χ2n) is 9.98. The van der Waals surface area contributed by atoms with Gasteiger partial charge in [-0.3, -0.25) is 9.78 Å². The monoisotopic (exact) mass is 486 g/mol. The number of hydrogen-bond acceptors (Lipinski definition) is 4. The van der Waals surface area contributed by atoms with E-state index in [0.29, 0.717) is 5.69 Å². The number of nitrogens with zero attached hydrogens (tertiary/aromatic N) is 2. The van der Waals surface area contributed by atoms with Crippen molar-refractivity contribution in [1.82, 2.24) is 15.3 Å². The number of carboxylic acid groups (broad SMARTS) is 1. The number of halogens is 3. The summed E-state index contributed by atoms with van der Waals surface area (Å²) in [6, 6.07) is 9.92. The number of aromatic amines is 1. The maximum atomic E-state index is 13.4. The summed E-state index contributed by atoms with van der Waals surface area (Å²) in [5.74, 6) is 0.378. The van der Waals surface area contributed by atoms with Gasteiger partial charge in [0.05, 0.1) is 11.8 Å². The molecule has 3 heterocycles. The van der Waals surface area contributed by atoms with E-state index in [0.717, 1.165) is 53.9 Å². The van der Waals surface area contributed by atoms with Crippen LogP contribution in [0.4, 0.5) is 13.2 Å². The van der Waals surface area contributed by atoms with Crippen molar-refractivity contribution >= 4 is 17.4 Å². The molecule has 10 heteroatoms. The fourth-order valence-corrected chi connectivity index (χ4v) is 6.55. The lowest BCUT2D eigenvalue weighted by Gasteiger charge is -2.56. The molecular weight excluding hydrogens is 461 g/mol. The predicted octanol–water partition coefficient (Wildman–Crippen LogP) is 2.81. The molecule has 7 rings (SSSR count). The molecule has 1 amide bonds. The van der Waals surface area contributed by atoms with Crippen molar-refractivity contribution in [1.29, 1.82) is 0 Å². The zero-order valence-electron chi connectivity index (χ0n) is 18.8. The van der Waals surface area contributed by atoms with E-state index < -0.39 is 12.1 Å². The second kappa shape index (κ2) is 8.66. The van der Waals surface area contributed by atoms with Gasteiger partial charge >= 0.3 is 6.18 Å². The highest BCUT2D eigenvalue weighted by atomic mass is 19.4.